The Hall–Kier alpha value is -0.940. The number of aliphatic hydroxyl groups excluding tert-OH is 1. The van der Waals surface area contributed by atoms with Crippen molar-refractivity contribution in [1.29, 1.82) is 0 Å². The van der Waals surface area contributed by atoms with Crippen molar-refractivity contribution in [3.05, 3.63) is 0 Å². The van der Waals surface area contributed by atoms with E-state index >= 15 is 0 Å². The van der Waals surface area contributed by atoms with Gasteiger partial charge in [-0.3, -0.25) is 0 Å². The summed E-state index contributed by atoms with van der Waals surface area (Å²) in [6.45, 7) is 3.83. The monoisotopic (exact) mass is 229 g/mol. The second-order valence-electron chi connectivity index (χ2n) is 4.18. The summed E-state index contributed by atoms with van der Waals surface area (Å²) in [5.41, 5.74) is 0. The van der Waals surface area contributed by atoms with Gasteiger partial charge in [0.15, 0.2) is 0 Å². The van der Waals surface area contributed by atoms with Crippen molar-refractivity contribution in [1.82, 2.24) is 0 Å². The van der Waals surface area contributed by atoms with Crippen molar-refractivity contribution < 1.29 is 19.5 Å². The van der Waals surface area contributed by atoms with Crippen LogP contribution in [0.3, 0.4) is 0 Å². The van der Waals surface area contributed by atoms with E-state index in [4.69, 9.17) is 9.84 Å². The minimum Gasteiger partial charge on any atom is -0.396 e. The minimum atomic E-state index is -0.515. The quantitative estimate of drug-likeness (QED) is 0.418. The van der Waals surface area contributed by atoms with Crippen LogP contribution in [-0.2, 0) is 14.4 Å². The van der Waals surface area contributed by atoms with Crippen LogP contribution in [0, 0.1) is 11.8 Å². The highest BCUT2D eigenvalue weighted by Gasteiger charge is 2.20. The molecule has 0 saturated heterocycles. The van der Waals surface area contributed by atoms with E-state index in [0.29, 0.717) is 18.4 Å². The lowest BCUT2D eigenvalue weighted by atomic mass is 9.83. The van der Waals surface area contributed by atoms with Crippen LogP contribution in [0.2, 0.25) is 0 Å². The van der Waals surface area contributed by atoms with Crippen LogP contribution in [0.1, 0.15) is 25.7 Å². The number of nitrogens with zero attached hydrogens (tertiary/aromatic N) is 1. The van der Waals surface area contributed by atoms with Crippen molar-refractivity contribution >= 4 is 12.7 Å². The standard InChI is InChI=1S/C11H19NO4/c1-12-16-11(14)8-15-7-10-4-2-9(6-13)3-5-10/h9-10,13H,1-8H2. The molecule has 0 aromatic carbocycles. The zero-order valence-corrected chi connectivity index (χ0v) is 9.43. The number of rotatable bonds is 6. The first-order valence-corrected chi connectivity index (χ1v) is 5.60. The van der Waals surface area contributed by atoms with E-state index in [2.05, 4.69) is 16.7 Å². The SMILES string of the molecule is C=NOC(=O)COCC1CCC(CO)CC1. The van der Waals surface area contributed by atoms with Gasteiger partial charge < -0.3 is 14.7 Å². The summed E-state index contributed by atoms with van der Waals surface area (Å²) in [6.07, 6.45) is 4.20. The van der Waals surface area contributed by atoms with E-state index in [1.807, 2.05) is 0 Å². The number of ether oxygens (including phenoxy) is 1. The van der Waals surface area contributed by atoms with Crippen molar-refractivity contribution in [2.75, 3.05) is 19.8 Å². The fraction of sp³-hybridized carbons (Fsp3) is 0.818. The van der Waals surface area contributed by atoms with Gasteiger partial charge in [-0.05, 0) is 37.5 Å². The fourth-order valence-corrected chi connectivity index (χ4v) is 1.99. The molecule has 0 heterocycles. The molecule has 1 N–H and O–H groups in total. The normalized spacial score (nSPS) is 25.1. The van der Waals surface area contributed by atoms with Crippen LogP contribution in [0.15, 0.2) is 5.16 Å². The summed E-state index contributed by atoms with van der Waals surface area (Å²) in [7, 11) is 0. The Morgan fingerprint density at radius 3 is 2.50 bits per heavy atom. The van der Waals surface area contributed by atoms with Gasteiger partial charge in [0, 0.05) is 13.3 Å². The van der Waals surface area contributed by atoms with Gasteiger partial charge >= 0.3 is 5.97 Å². The highest BCUT2D eigenvalue weighted by Crippen LogP contribution is 2.28. The molecule has 1 rings (SSSR count). The molecule has 0 atom stereocenters. The Morgan fingerprint density at radius 2 is 1.94 bits per heavy atom. The number of carbonyl (C=O) groups is 1. The first kappa shape index (κ1) is 13.1. The Bertz CT molecular complexity index is 224. The Labute approximate surface area is 95.4 Å². The summed E-state index contributed by atoms with van der Waals surface area (Å²) in [6, 6.07) is 0. The third-order valence-corrected chi connectivity index (χ3v) is 2.96. The van der Waals surface area contributed by atoms with Gasteiger partial charge in [0.05, 0.1) is 6.61 Å². The van der Waals surface area contributed by atoms with Gasteiger partial charge in [-0.25, -0.2) is 4.79 Å². The molecule has 0 radical (unpaired) electrons. The topological polar surface area (TPSA) is 68.1 Å². The van der Waals surface area contributed by atoms with Crippen LogP contribution in [0.4, 0.5) is 0 Å². The molecule has 5 heteroatoms. The van der Waals surface area contributed by atoms with Gasteiger partial charge in [-0.2, -0.15) is 0 Å². The highest BCUT2D eigenvalue weighted by molar-refractivity contribution is 5.70. The first-order valence-electron chi connectivity index (χ1n) is 5.60. The molecule has 0 spiro atoms. The minimum absolute atomic E-state index is 0.0705. The lowest BCUT2D eigenvalue weighted by molar-refractivity contribution is -0.149. The smallest absolute Gasteiger partial charge is 0.360 e. The zero-order chi connectivity index (χ0) is 11.8. The molecule has 1 saturated carbocycles. The van der Waals surface area contributed by atoms with Crippen molar-refractivity contribution in [2.45, 2.75) is 25.7 Å². The van der Waals surface area contributed by atoms with Crippen molar-refractivity contribution in [3.8, 4) is 0 Å². The molecule has 1 aliphatic rings. The molecule has 0 aromatic rings. The van der Waals surface area contributed by atoms with Crippen LogP contribution in [0.25, 0.3) is 0 Å². The summed E-state index contributed by atoms with van der Waals surface area (Å²) in [5, 5.41) is 12.0. The third-order valence-electron chi connectivity index (χ3n) is 2.96. The molecule has 0 unspecified atom stereocenters. The lowest BCUT2D eigenvalue weighted by Gasteiger charge is -2.26. The molecule has 0 aromatic heterocycles. The lowest BCUT2D eigenvalue weighted by Crippen LogP contribution is -2.22. The number of oxime groups is 1. The van der Waals surface area contributed by atoms with E-state index in [1.165, 1.54) is 0 Å². The van der Waals surface area contributed by atoms with E-state index < -0.39 is 5.97 Å². The van der Waals surface area contributed by atoms with Crippen molar-refractivity contribution in [2.24, 2.45) is 17.0 Å². The summed E-state index contributed by atoms with van der Waals surface area (Å²) >= 11 is 0. The first-order chi connectivity index (χ1) is 7.76. The van der Waals surface area contributed by atoms with Crippen molar-refractivity contribution in [3.63, 3.8) is 0 Å². The molecule has 5 nitrogen and oxygen atoms in total. The zero-order valence-electron chi connectivity index (χ0n) is 9.43. The summed E-state index contributed by atoms with van der Waals surface area (Å²) < 4.78 is 5.23. The third kappa shape index (κ3) is 4.72. The molecule has 1 aliphatic carbocycles. The number of hydrogen-bond donors (Lipinski definition) is 1. The number of aliphatic hydroxyl groups is 1. The highest BCUT2D eigenvalue weighted by atomic mass is 16.7. The van der Waals surface area contributed by atoms with Crippen LogP contribution in [0.5, 0.6) is 0 Å². The molecule has 16 heavy (non-hydrogen) atoms. The molecule has 0 bridgehead atoms. The van der Waals surface area contributed by atoms with Crippen LogP contribution in [-0.4, -0.2) is 37.6 Å². The van der Waals surface area contributed by atoms with Crippen LogP contribution >= 0.6 is 0 Å². The molecular weight excluding hydrogens is 210 g/mol. The summed E-state index contributed by atoms with van der Waals surface area (Å²) in [4.78, 5) is 15.2. The maximum atomic E-state index is 10.9. The maximum absolute atomic E-state index is 10.9. The largest absolute Gasteiger partial charge is 0.396 e. The molecule has 0 aliphatic heterocycles. The van der Waals surface area contributed by atoms with Gasteiger partial charge in [0.25, 0.3) is 0 Å². The predicted octanol–water partition coefficient (Wildman–Crippen LogP) is 0.960. The number of carbonyl (C=O) groups excluding carboxylic acids is 1. The average Bonchev–Trinajstić information content (AvgIpc) is 2.30. The van der Waals surface area contributed by atoms with Gasteiger partial charge in [-0.15, -0.1) is 0 Å². The number of hydrogen-bond acceptors (Lipinski definition) is 5. The van der Waals surface area contributed by atoms with E-state index in [1.54, 1.807) is 0 Å². The summed E-state index contributed by atoms with van der Waals surface area (Å²) in [5.74, 6) is 0.428. The van der Waals surface area contributed by atoms with E-state index in [9.17, 15) is 4.79 Å². The van der Waals surface area contributed by atoms with Gasteiger partial charge in [0.1, 0.15) is 6.61 Å². The Balaban J connectivity index is 2.06. The Morgan fingerprint density at radius 1 is 1.31 bits per heavy atom. The molecule has 0 amide bonds. The average molecular weight is 229 g/mol. The molecule has 92 valence electrons. The van der Waals surface area contributed by atoms with E-state index in [-0.39, 0.29) is 13.2 Å². The molecular formula is C11H19NO4. The predicted molar refractivity (Wildman–Crippen MR) is 59.0 cm³/mol. The second kappa shape index (κ2) is 7.35. The van der Waals surface area contributed by atoms with Crippen LogP contribution < -0.4 is 0 Å². The van der Waals surface area contributed by atoms with E-state index in [0.717, 1.165) is 25.7 Å². The molecule has 1 fully saturated rings. The fourth-order valence-electron chi connectivity index (χ4n) is 1.99. The van der Waals surface area contributed by atoms with Gasteiger partial charge in [0.2, 0.25) is 0 Å². The second-order valence-corrected chi connectivity index (χ2v) is 4.18. The van der Waals surface area contributed by atoms with Gasteiger partial charge in [-0.1, -0.05) is 5.16 Å². The Kier molecular flexibility index (Phi) is 6.03. The maximum Gasteiger partial charge on any atom is 0.360 e.